The van der Waals surface area contributed by atoms with Crippen LogP contribution in [-0.2, 0) is 0 Å². The minimum absolute atomic E-state index is 0.162. The molecule has 0 aliphatic carbocycles. The van der Waals surface area contributed by atoms with Gasteiger partial charge in [-0.05, 0) is 43.0 Å². The van der Waals surface area contributed by atoms with Crippen LogP contribution in [0.4, 0.5) is 10.5 Å². The monoisotopic (exact) mass is 363 g/mol. The minimum Gasteiger partial charge on any atom is -0.328 e. The van der Waals surface area contributed by atoms with E-state index in [2.05, 4.69) is 46.5 Å². The smallest absolute Gasteiger partial charge is 0.321 e. The van der Waals surface area contributed by atoms with Gasteiger partial charge in [-0.25, -0.2) is 4.79 Å². The summed E-state index contributed by atoms with van der Waals surface area (Å²) in [6, 6.07) is 20.0. The number of benzene rings is 2. The summed E-state index contributed by atoms with van der Waals surface area (Å²) in [4.78, 5) is 14.0. The maximum atomic E-state index is 12.3. The van der Waals surface area contributed by atoms with Crippen LogP contribution in [0, 0.1) is 11.3 Å². The van der Waals surface area contributed by atoms with Crippen molar-refractivity contribution in [2.45, 2.75) is 31.3 Å². The molecule has 6 heteroatoms. The third-order valence-electron chi connectivity index (χ3n) is 4.82. The summed E-state index contributed by atoms with van der Waals surface area (Å²) in [5.74, 6) is 0. The van der Waals surface area contributed by atoms with Gasteiger partial charge in [0.1, 0.15) is 0 Å². The Bertz CT molecular complexity index is 802. The molecule has 3 rings (SSSR count). The van der Waals surface area contributed by atoms with Gasteiger partial charge in [-0.1, -0.05) is 36.4 Å². The lowest BCUT2D eigenvalue weighted by molar-refractivity contribution is 0.221. The van der Waals surface area contributed by atoms with Crippen LogP contribution < -0.4 is 16.2 Å². The van der Waals surface area contributed by atoms with Gasteiger partial charge < -0.3 is 10.2 Å². The second kappa shape index (κ2) is 9.17. The molecule has 2 unspecified atom stereocenters. The number of nitrogens with one attached hydrogen (secondary N) is 3. The van der Waals surface area contributed by atoms with Crippen molar-refractivity contribution in [3.05, 3.63) is 65.7 Å². The Hall–Kier alpha value is -2.88. The fraction of sp³-hybridized carbons (Fsp3) is 0.333. The van der Waals surface area contributed by atoms with Crippen molar-refractivity contribution in [3.63, 3.8) is 0 Å². The van der Waals surface area contributed by atoms with E-state index in [1.807, 2.05) is 6.07 Å². The van der Waals surface area contributed by atoms with Gasteiger partial charge in [0, 0.05) is 31.4 Å². The molecule has 2 amide bonds. The number of hydrogen-bond donors (Lipinski definition) is 3. The molecular weight excluding hydrogens is 338 g/mol. The van der Waals surface area contributed by atoms with Crippen LogP contribution in [0.1, 0.15) is 36.4 Å². The van der Waals surface area contributed by atoms with E-state index in [0.29, 0.717) is 29.9 Å². The standard InChI is InChI=1S/C21H25N5O/c1-26(21(27)23-18-10-5-7-16(13-18)15-22)12-6-11-19-14-20(25-24-19)17-8-3-2-4-9-17/h2-5,7-10,13,19-20,24-25H,6,11-12,14H2,1H3,(H,23,27). The van der Waals surface area contributed by atoms with E-state index >= 15 is 0 Å². The van der Waals surface area contributed by atoms with E-state index in [1.165, 1.54) is 5.56 Å². The summed E-state index contributed by atoms with van der Waals surface area (Å²) < 4.78 is 0. The van der Waals surface area contributed by atoms with E-state index in [9.17, 15) is 4.79 Å². The van der Waals surface area contributed by atoms with E-state index in [1.54, 1.807) is 36.2 Å². The van der Waals surface area contributed by atoms with Crippen LogP contribution in [0.3, 0.4) is 0 Å². The SMILES string of the molecule is CN(CCCC1CC(c2ccccc2)NN1)C(=O)Nc1cccc(C#N)c1. The van der Waals surface area contributed by atoms with Crippen LogP contribution in [0.5, 0.6) is 0 Å². The molecule has 1 fully saturated rings. The number of hydrazine groups is 1. The zero-order valence-electron chi connectivity index (χ0n) is 15.5. The number of anilines is 1. The minimum atomic E-state index is -0.162. The van der Waals surface area contributed by atoms with Crippen molar-refractivity contribution >= 4 is 11.7 Å². The Morgan fingerprint density at radius 3 is 2.81 bits per heavy atom. The number of rotatable bonds is 6. The number of carbonyl (C=O) groups excluding carboxylic acids is 1. The topological polar surface area (TPSA) is 80.2 Å². The highest BCUT2D eigenvalue weighted by molar-refractivity contribution is 5.89. The molecule has 2 aromatic carbocycles. The van der Waals surface area contributed by atoms with Gasteiger partial charge in [-0.3, -0.25) is 10.9 Å². The first-order chi connectivity index (χ1) is 13.2. The molecule has 27 heavy (non-hydrogen) atoms. The molecule has 140 valence electrons. The molecule has 1 aliphatic heterocycles. The highest BCUT2D eigenvalue weighted by atomic mass is 16.2. The molecule has 1 heterocycles. The molecule has 0 bridgehead atoms. The Labute approximate surface area is 160 Å². The van der Waals surface area contributed by atoms with Crippen molar-refractivity contribution < 1.29 is 4.79 Å². The van der Waals surface area contributed by atoms with Crippen LogP contribution in [0.25, 0.3) is 0 Å². The summed E-state index contributed by atoms with van der Waals surface area (Å²) >= 11 is 0. The Balaban J connectivity index is 1.40. The highest BCUT2D eigenvalue weighted by Gasteiger charge is 2.24. The van der Waals surface area contributed by atoms with Crippen molar-refractivity contribution in [1.82, 2.24) is 15.8 Å². The van der Waals surface area contributed by atoms with Crippen LogP contribution in [0.15, 0.2) is 54.6 Å². The van der Waals surface area contributed by atoms with Gasteiger partial charge in [0.25, 0.3) is 0 Å². The molecule has 0 radical (unpaired) electrons. The fourth-order valence-electron chi connectivity index (χ4n) is 3.28. The predicted molar refractivity (Wildman–Crippen MR) is 106 cm³/mol. The number of hydrogen-bond acceptors (Lipinski definition) is 4. The summed E-state index contributed by atoms with van der Waals surface area (Å²) in [5, 5.41) is 11.8. The fourth-order valence-corrected chi connectivity index (χ4v) is 3.28. The quantitative estimate of drug-likeness (QED) is 0.735. The van der Waals surface area contributed by atoms with Gasteiger partial charge in [0.05, 0.1) is 11.6 Å². The van der Waals surface area contributed by atoms with Crippen molar-refractivity contribution in [2.75, 3.05) is 18.9 Å². The number of nitriles is 1. The lowest BCUT2D eigenvalue weighted by atomic mass is 10.00. The predicted octanol–water partition coefficient (Wildman–Crippen LogP) is 3.41. The van der Waals surface area contributed by atoms with Gasteiger partial charge in [0.2, 0.25) is 0 Å². The van der Waals surface area contributed by atoms with Crippen molar-refractivity contribution in [1.29, 1.82) is 5.26 Å². The van der Waals surface area contributed by atoms with Crippen LogP contribution in [-0.4, -0.2) is 30.6 Å². The lowest BCUT2D eigenvalue weighted by Crippen LogP contribution is -2.34. The number of carbonyl (C=O) groups is 1. The highest BCUT2D eigenvalue weighted by Crippen LogP contribution is 2.23. The summed E-state index contributed by atoms with van der Waals surface area (Å²) in [7, 11) is 1.79. The summed E-state index contributed by atoms with van der Waals surface area (Å²) in [6.07, 6.45) is 2.96. The zero-order chi connectivity index (χ0) is 19.1. The van der Waals surface area contributed by atoms with E-state index < -0.39 is 0 Å². The molecular formula is C21H25N5O. The molecule has 2 aromatic rings. The molecule has 3 N–H and O–H groups in total. The molecule has 0 aromatic heterocycles. The first-order valence-corrected chi connectivity index (χ1v) is 9.24. The largest absolute Gasteiger partial charge is 0.328 e. The lowest BCUT2D eigenvalue weighted by Gasteiger charge is -2.19. The van der Waals surface area contributed by atoms with Gasteiger partial charge >= 0.3 is 6.03 Å². The Kier molecular flexibility index (Phi) is 6.42. The summed E-state index contributed by atoms with van der Waals surface area (Å²) in [5.41, 5.74) is 9.18. The normalized spacial score (nSPS) is 18.7. The molecule has 0 saturated carbocycles. The maximum absolute atomic E-state index is 12.3. The maximum Gasteiger partial charge on any atom is 0.321 e. The van der Waals surface area contributed by atoms with E-state index in [-0.39, 0.29) is 6.03 Å². The van der Waals surface area contributed by atoms with Gasteiger partial charge in [0.15, 0.2) is 0 Å². The Morgan fingerprint density at radius 1 is 1.22 bits per heavy atom. The number of amides is 2. The first-order valence-electron chi connectivity index (χ1n) is 9.24. The van der Waals surface area contributed by atoms with E-state index in [4.69, 9.17) is 5.26 Å². The van der Waals surface area contributed by atoms with Gasteiger partial charge in [-0.2, -0.15) is 5.26 Å². The average molecular weight is 363 g/mol. The first kappa shape index (κ1) is 18.9. The third-order valence-corrected chi connectivity index (χ3v) is 4.82. The third kappa shape index (κ3) is 5.30. The molecule has 2 atom stereocenters. The van der Waals surface area contributed by atoms with E-state index in [0.717, 1.165) is 19.3 Å². The average Bonchev–Trinajstić information content (AvgIpc) is 3.17. The number of nitrogens with zero attached hydrogens (tertiary/aromatic N) is 2. The van der Waals surface area contributed by atoms with Gasteiger partial charge in [-0.15, -0.1) is 0 Å². The number of urea groups is 1. The zero-order valence-corrected chi connectivity index (χ0v) is 15.5. The second-order valence-electron chi connectivity index (χ2n) is 6.87. The summed E-state index contributed by atoms with van der Waals surface area (Å²) in [6.45, 7) is 0.679. The molecule has 6 nitrogen and oxygen atoms in total. The molecule has 1 saturated heterocycles. The van der Waals surface area contributed by atoms with Crippen LogP contribution >= 0.6 is 0 Å². The Morgan fingerprint density at radius 2 is 2.04 bits per heavy atom. The van der Waals surface area contributed by atoms with Crippen LogP contribution in [0.2, 0.25) is 0 Å². The van der Waals surface area contributed by atoms with Crippen molar-refractivity contribution in [3.8, 4) is 6.07 Å². The molecule has 0 spiro atoms. The second-order valence-corrected chi connectivity index (χ2v) is 6.87. The van der Waals surface area contributed by atoms with Crippen molar-refractivity contribution in [2.24, 2.45) is 0 Å². The molecule has 1 aliphatic rings.